The third-order valence-corrected chi connectivity index (χ3v) is 12.7. The van der Waals surface area contributed by atoms with Gasteiger partial charge in [-0.15, -0.1) is 0 Å². The summed E-state index contributed by atoms with van der Waals surface area (Å²) in [6.07, 6.45) is 2.66. The Hall–Kier alpha value is -5.42. The maximum atomic E-state index is 16.1. The molecular weight excluding hydrogens is 710 g/mol. The molecule has 11 heteroatoms. The van der Waals surface area contributed by atoms with Crippen LogP contribution in [-0.4, -0.2) is 93.1 Å². The summed E-state index contributed by atoms with van der Waals surface area (Å²) in [5.41, 5.74) is 6.52. The monoisotopic (exact) mass is 757 g/mol. The number of amides is 3. The van der Waals surface area contributed by atoms with Crippen LogP contribution in [0.15, 0.2) is 84.9 Å². The molecule has 5 aliphatic rings. The van der Waals surface area contributed by atoms with Crippen LogP contribution < -0.4 is 24.6 Å². The summed E-state index contributed by atoms with van der Waals surface area (Å²) in [7, 11) is 1.65. The Morgan fingerprint density at radius 3 is 2.38 bits per heavy atom. The molecule has 10 nitrogen and oxygen atoms in total. The standard InChI is InChI=1S/C45H48FN5O5/c1-55-34-9-11-36-41(25-34)56-28-37(30-5-3-2-4-6-30)43(36)31-7-12-39(38(46)24-31)50-17-15-29(16-18-50)26-48-19-21-49(22-20-48)33-8-10-35-32(23-33)27-51(45(35)54)40-13-14-42(52)47-44(40)53/h2-12,23-25,29,37,40,43H,13-22,26-28H2,1H3,(H,47,52,53)/t37?,40?,43-/m1/s1. The number of halogens is 1. The van der Waals surface area contributed by atoms with Gasteiger partial charge in [-0.3, -0.25) is 24.6 Å². The molecule has 56 heavy (non-hydrogen) atoms. The van der Waals surface area contributed by atoms with Crippen molar-refractivity contribution in [1.29, 1.82) is 0 Å². The van der Waals surface area contributed by atoms with Crippen molar-refractivity contribution in [1.82, 2.24) is 15.1 Å². The lowest BCUT2D eigenvalue weighted by atomic mass is 9.76. The maximum absolute atomic E-state index is 16.1. The number of nitrogens with zero attached hydrogens (tertiary/aromatic N) is 4. The first kappa shape index (κ1) is 36.2. The van der Waals surface area contributed by atoms with Gasteiger partial charge in [-0.1, -0.05) is 42.5 Å². The second-order valence-electron chi connectivity index (χ2n) is 15.9. The number of imide groups is 1. The quantitative estimate of drug-likeness (QED) is 0.221. The van der Waals surface area contributed by atoms with Crippen LogP contribution in [0.4, 0.5) is 15.8 Å². The Morgan fingerprint density at radius 1 is 0.821 bits per heavy atom. The van der Waals surface area contributed by atoms with Crippen LogP contribution in [-0.2, 0) is 16.1 Å². The molecule has 9 rings (SSSR count). The molecule has 290 valence electrons. The van der Waals surface area contributed by atoms with Crippen LogP contribution in [0.3, 0.4) is 0 Å². The Bertz CT molecular complexity index is 2130. The van der Waals surface area contributed by atoms with Gasteiger partial charge in [-0.05, 0) is 78.3 Å². The number of methoxy groups -OCH3 is 1. The molecule has 0 spiro atoms. The van der Waals surface area contributed by atoms with Gasteiger partial charge in [-0.2, -0.15) is 0 Å². The van der Waals surface area contributed by atoms with Gasteiger partial charge in [0.05, 0.1) is 19.4 Å². The molecule has 0 saturated carbocycles. The second kappa shape index (κ2) is 15.3. The number of hydrogen-bond donors (Lipinski definition) is 1. The molecule has 3 atom stereocenters. The van der Waals surface area contributed by atoms with Crippen molar-refractivity contribution >= 4 is 29.1 Å². The van der Waals surface area contributed by atoms with Crippen molar-refractivity contribution in [2.75, 3.05) is 69.3 Å². The number of piperazine rings is 1. The zero-order valence-corrected chi connectivity index (χ0v) is 31.8. The fourth-order valence-corrected chi connectivity index (χ4v) is 9.56. The average Bonchev–Trinajstić information content (AvgIpc) is 3.55. The fourth-order valence-electron chi connectivity index (χ4n) is 9.56. The minimum atomic E-state index is -0.606. The smallest absolute Gasteiger partial charge is 0.255 e. The van der Waals surface area contributed by atoms with E-state index in [1.54, 1.807) is 18.1 Å². The van der Waals surface area contributed by atoms with Crippen LogP contribution in [0.1, 0.15) is 70.1 Å². The molecule has 3 saturated heterocycles. The normalized spacial score (nSPS) is 23.1. The van der Waals surface area contributed by atoms with E-state index in [0.717, 1.165) is 92.5 Å². The van der Waals surface area contributed by atoms with Crippen LogP contribution in [0.25, 0.3) is 0 Å². The van der Waals surface area contributed by atoms with Gasteiger partial charge in [0.25, 0.3) is 5.91 Å². The lowest BCUT2D eigenvalue weighted by molar-refractivity contribution is -0.136. The van der Waals surface area contributed by atoms with Crippen LogP contribution >= 0.6 is 0 Å². The van der Waals surface area contributed by atoms with Gasteiger partial charge in [0, 0.05) is 93.5 Å². The third-order valence-electron chi connectivity index (χ3n) is 12.7. The molecule has 2 unspecified atom stereocenters. The van der Waals surface area contributed by atoms with E-state index >= 15 is 4.39 Å². The zero-order valence-electron chi connectivity index (χ0n) is 31.8. The summed E-state index contributed by atoms with van der Waals surface area (Å²) in [5, 5.41) is 2.38. The lowest BCUT2D eigenvalue weighted by Gasteiger charge is -2.40. The molecule has 4 aromatic rings. The van der Waals surface area contributed by atoms with Gasteiger partial charge in [0.1, 0.15) is 23.4 Å². The van der Waals surface area contributed by atoms with Crippen LogP contribution in [0, 0.1) is 11.7 Å². The zero-order chi connectivity index (χ0) is 38.3. The van der Waals surface area contributed by atoms with Gasteiger partial charge in [-0.25, -0.2) is 4.39 Å². The number of fused-ring (bicyclic) bond motifs is 2. The first-order chi connectivity index (χ1) is 27.3. The summed E-state index contributed by atoms with van der Waals surface area (Å²) >= 11 is 0. The molecule has 3 amide bonds. The summed E-state index contributed by atoms with van der Waals surface area (Å²) in [4.78, 5) is 46.0. The third kappa shape index (κ3) is 6.97. The van der Waals surface area contributed by atoms with Crippen molar-refractivity contribution in [2.45, 2.75) is 50.1 Å². The van der Waals surface area contributed by atoms with Gasteiger partial charge >= 0.3 is 0 Å². The SMILES string of the molecule is COc1ccc2c(c1)OCC(c1ccccc1)[C@@H]2c1ccc(N2CCC(CN3CCN(c4ccc5c(c4)CN(C4CCC(=O)NC4=O)C5=O)CC3)CC2)c(F)c1. The number of ether oxygens (including phenoxy) is 2. The number of carbonyl (C=O) groups is 3. The van der Waals surface area contributed by atoms with E-state index in [9.17, 15) is 14.4 Å². The highest BCUT2D eigenvalue weighted by molar-refractivity contribution is 6.05. The van der Waals surface area contributed by atoms with E-state index in [1.165, 1.54) is 5.56 Å². The number of anilines is 2. The topological polar surface area (TPSA) is 94.7 Å². The van der Waals surface area contributed by atoms with E-state index in [4.69, 9.17) is 9.47 Å². The maximum Gasteiger partial charge on any atom is 0.255 e. The predicted molar refractivity (Wildman–Crippen MR) is 212 cm³/mol. The van der Waals surface area contributed by atoms with E-state index in [2.05, 4.69) is 50.3 Å². The first-order valence-corrected chi connectivity index (χ1v) is 20.0. The summed E-state index contributed by atoms with van der Waals surface area (Å²) < 4.78 is 27.9. The minimum absolute atomic E-state index is 0.0518. The summed E-state index contributed by atoms with van der Waals surface area (Å²) in [6, 6.07) is 27.5. The Kier molecular flexibility index (Phi) is 9.87. The van der Waals surface area contributed by atoms with Gasteiger partial charge in [0.2, 0.25) is 11.8 Å². The van der Waals surface area contributed by atoms with E-state index in [0.29, 0.717) is 36.7 Å². The molecule has 4 aromatic carbocycles. The highest BCUT2D eigenvalue weighted by atomic mass is 19.1. The molecule has 5 heterocycles. The van der Waals surface area contributed by atoms with Gasteiger partial charge < -0.3 is 24.2 Å². The van der Waals surface area contributed by atoms with Gasteiger partial charge in [0.15, 0.2) is 0 Å². The van der Waals surface area contributed by atoms with E-state index in [-0.39, 0.29) is 41.8 Å². The molecule has 0 aromatic heterocycles. The number of hydrogen-bond acceptors (Lipinski definition) is 8. The molecule has 5 aliphatic heterocycles. The number of piperidine rings is 2. The van der Waals surface area contributed by atoms with E-state index in [1.807, 2.05) is 48.5 Å². The predicted octanol–water partition coefficient (Wildman–Crippen LogP) is 5.94. The Morgan fingerprint density at radius 2 is 1.62 bits per heavy atom. The molecular formula is C45H48FN5O5. The highest BCUT2D eigenvalue weighted by Gasteiger charge is 2.40. The number of carbonyl (C=O) groups excluding carboxylic acids is 3. The number of nitrogens with one attached hydrogen (secondary N) is 1. The number of rotatable bonds is 8. The first-order valence-electron chi connectivity index (χ1n) is 20.0. The summed E-state index contributed by atoms with van der Waals surface area (Å²) in [6.45, 7) is 7.31. The molecule has 1 N–H and O–H groups in total. The van der Waals surface area contributed by atoms with Crippen molar-refractivity contribution < 1.29 is 28.2 Å². The Balaban J connectivity index is 0.798. The van der Waals surface area contributed by atoms with Crippen molar-refractivity contribution in [2.24, 2.45) is 5.92 Å². The highest BCUT2D eigenvalue weighted by Crippen LogP contribution is 2.47. The lowest BCUT2D eigenvalue weighted by Crippen LogP contribution is -2.52. The molecule has 0 bridgehead atoms. The van der Waals surface area contributed by atoms with E-state index < -0.39 is 6.04 Å². The minimum Gasteiger partial charge on any atom is -0.497 e. The second-order valence-corrected chi connectivity index (χ2v) is 15.9. The largest absolute Gasteiger partial charge is 0.497 e. The molecule has 0 radical (unpaired) electrons. The average molecular weight is 758 g/mol. The van der Waals surface area contributed by atoms with Crippen molar-refractivity contribution in [3.63, 3.8) is 0 Å². The Labute approximate surface area is 327 Å². The van der Waals surface area contributed by atoms with Crippen LogP contribution in [0.5, 0.6) is 11.5 Å². The van der Waals surface area contributed by atoms with Crippen LogP contribution in [0.2, 0.25) is 0 Å². The summed E-state index contributed by atoms with van der Waals surface area (Å²) in [5.74, 6) is 1.11. The molecule has 3 fully saturated rings. The fraction of sp³-hybridized carbons (Fsp3) is 0.400. The van der Waals surface area contributed by atoms with Crippen molar-refractivity contribution in [3.05, 3.63) is 119 Å². The molecule has 0 aliphatic carbocycles. The van der Waals surface area contributed by atoms with Crippen molar-refractivity contribution in [3.8, 4) is 11.5 Å². The number of benzene rings is 4.